The van der Waals surface area contributed by atoms with Crippen molar-refractivity contribution in [2.24, 2.45) is 5.73 Å². The summed E-state index contributed by atoms with van der Waals surface area (Å²) < 4.78 is 0. The van der Waals surface area contributed by atoms with Gasteiger partial charge in [0.25, 0.3) is 0 Å². The maximum atomic E-state index is 12.1. The minimum Gasteiger partial charge on any atom is -0.388 e. The number of carbonyl (C=O) groups excluding carboxylic acids is 2. The van der Waals surface area contributed by atoms with Crippen molar-refractivity contribution in [2.45, 2.75) is 12.5 Å². The molecule has 0 aliphatic rings. The second kappa shape index (κ2) is 7.38. The summed E-state index contributed by atoms with van der Waals surface area (Å²) in [5.41, 5.74) is 9.13. The van der Waals surface area contributed by atoms with Gasteiger partial charge in [0.05, 0.1) is 6.04 Å². The summed E-state index contributed by atoms with van der Waals surface area (Å²) >= 11 is 0. The van der Waals surface area contributed by atoms with Gasteiger partial charge >= 0.3 is 0 Å². The van der Waals surface area contributed by atoms with E-state index in [1.165, 1.54) is 0 Å². The van der Waals surface area contributed by atoms with Crippen molar-refractivity contribution in [1.82, 2.24) is 0 Å². The molecule has 0 aromatic heterocycles. The van der Waals surface area contributed by atoms with E-state index in [1.54, 1.807) is 24.3 Å². The largest absolute Gasteiger partial charge is 0.388 e. The van der Waals surface area contributed by atoms with E-state index < -0.39 is 6.04 Å². The predicted octanol–water partition coefficient (Wildman–Crippen LogP) is 2.05. The molecule has 0 fully saturated rings. The third-order valence-corrected chi connectivity index (χ3v) is 3.35. The van der Waals surface area contributed by atoms with Gasteiger partial charge < -0.3 is 16.4 Å². The van der Waals surface area contributed by atoms with Crippen LogP contribution in [-0.4, -0.2) is 25.3 Å². The molecule has 0 heterocycles. The molecule has 1 atom stereocenters. The summed E-state index contributed by atoms with van der Waals surface area (Å²) in [6.07, 6.45) is 1.22. The number of hydrogen-bond acceptors (Lipinski definition) is 4. The fourth-order valence-electron chi connectivity index (χ4n) is 2.03. The molecule has 2 rings (SSSR count). The second-order valence-electron chi connectivity index (χ2n) is 4.99. The summed E-state index contributed by atoms with van der Waals surface area (Å²) in [7, 11) is 1.85. The van der Waals surface area contributed by atoms with Crippen LogP contribution < -0.4 is 16.4 Å². The summed E-state index contributed by atoms with van der Waals surface area (Å²) in [4.78, 5) is 22.7. The molecule has 5 nitrogen and oxygen atoms in total. The van der Waals surface area contributed by atoms with E-state index in [2.05, 4.69) is 10.6 Å². The van der Waals surface area contributed by atoms with E-state index in [-0.39, 0.29) is 5.91 Å². The highest BCUT2D eigenvalue weighted by Crippen LogP contribution is 2.12. The minimum atomic E-state index is -0.633. The van der Waals surface area contributed by atoms with Gasteiger partial charge in [-0.25, -0.2) is 0 Å². The van der Waals surface area contributed by atoms with Crippen LogP contribution in [0, 0.1) is 0 Å². The van der Waals surface area contributed by atoms with Crippen LogP contribution in [0.2, 0.25) is 0 Å². The van der Waals surface area contributed by atoms with Gasteiger partial charge in [0.2, 0.25) is 5.91 Å². The Morgan fingerprint density at radius 2 is 1.68 bits per heavy atom. The number of rotatable bonds is 6. The number of hydrogen-bond donors (Lipinski definition) is 3. The monoisotopic (exact) mass is 297 g/mol. The Morgan fingerprint density at radius 3 is 2.23 bits per heavy atom. The molecule has 2 aromatic rings. The van der Waals surface area contributed by atoms with Crippen molar-refractivity contribution in [3.8, 4) is 0 Å². The van der Waals surface area contributed by atoms with Crippen molar-refractivity contribution in [2.75, 3.05) is 17.7 Å². The van der Waals surface area contributed by atoms with Crippen LogP contribution in [0.25, 0.3) is 0 Å². The van der Waals surface area contributed by atoms with Crippen molar-refractivity contribution < 1.29 is 9.59 Å². The van der Waals surface area contributed by atoms with Gasteiger partial charge in [-0.1, -0.05) is 12.1 Å². The molecule has 1 unspecified atom stereocenters. The Morgan fingerprint density at radius 1 is 1.09 bits per heavy atom. The number of carbonyl (C=O) groups is 2. The average Bonchev–Trinajstić information content (AvgIpc) is 2.56. The van der Waals surface area contributed by atoms with Crippen molar-refractivity contribution in [1.29, 1.82) is 0 Å². The van der Waals surface area contributed by atoms with E-state index in [0.29, 0.717) is 17.7 Å². The SMILES string of the molecule is CNc1ccc(CC(N)C(=O)Nc2ccc(C=O)cc2)cc1. The smallest absolute Gasteiger partial charge is 0.241 e. The molecular weight excluding hydrogens is 278 g/mol. The number of benzene rings is 2. The number of amides is 1. The molecule has 0 saturated carbocycles. The minimum absolute atomic E-state index is 0.253. The van der Waals surface area contributed by atoms with Gasteiger partial charge in [0.1, 0.15) is 6.29 Å². The third kappa shape index (κ3) is 4.17. The normalized spacial score (nSPS) is 11.5. The molecular formula is C17H19N3O2. The summed E-state index contributed by atoms with van der Waals surface area (Å²) in [6, 6.07) is 13.8. The molecule has 0 spiro atoms. The highest BCUT2D eigenvalue weighted by molar-refractivity contribution is 5.95. The number of nitrogens with two attached hydrogens (primary N) is 1. The zero-order valence-corrected chi connectivity index (χ0v) is 12.4. The Balaban J connectivity index is 1.94. The van der Waals surface area contributed by atoms with E-state index in [0.717, 1.165) is 17.5 Å². The molecule has 22 heavy (non-hydrogen) atoms. The fraction of sp³-hybridized carbons (Fsp3) is 0.176. The lowest BCUT2D eigenvalue weighted by Crippen LogP contribution is -2.37. The molecule has 0 saturated heterocycles. The van der Waals surface area contributed by atoms with Crippen LogP contribution in [-0.2, 0) is 11.2 Å². The molecule has 0 aliphatic carbocycles. The van der Waals surface area contributed by atoms with Gasteiger partial charge in [0.15, 0.2) is 0 Å². The zero-order chi connectivity index (χ0) is 15.9. The molecule has 0 radical (unpaired) electrons. The predicted molar refractivity (Wildman–Crippen MR) is 88.1 cm³/mol. The molecule has 114 valence electrons. The topological polar surface area (TPSA) is 84.2 Å². The van der Waals surface area contributed by atoms with Crippen LogP contribution >= 0.6 is 0 Å². The third-order valence-electron chi connectivity index (χ3n) is 3.35. The van der Waals surface area contributed by atoms with Crippen LogP contribution in [0.1, 0.15) is 15.9 Å². The molecule has 0 bridgehead atoms. The van der Waals surface area contributed by atoms with E-state index >= 15 is 0 Å². The standard InChI is InChI=1S/C17H19N3O2/c1-19-14-6-2-12(3-7-14)10-16(18)17(22)20-15-8-4-13(11-21)5-9-15/h2-9,11,16,19H,10,18H2,1H3,(H,20,22). The van der Waals surface area contributed by atoms with Crippen molar-refractivity contribution in [3.05, 3.63) is 59.7 Å². The molecule has 0 aliphatic heterocycles. The van der Waals surface area contributed by atoms with E-state index in [1.807, 2.05) is 31.3 Å². The van der Waals surface area contributed by atoms with E-state index in [4.69, 9.17) is 5.73 Å². The maximum absolute atomic E-state index is 12.1. The Labute approximate surface area is 129 Å². The Bertz CT molecular complexity index is 636. The summed E-state index contributed by atoms with van der Waals surface area (Å²) in [5, 5.41) is 5.78. The van der Waals surface area contributed by atoms with Crippen LogP contribution in [0.4, 0.5) is 11.4 Å². The summed E-state index contributed by atoms with van der Waals surface area (Å²) in [6.45, 7) is 0. The Hall–Kier alpha value is -2.66. The fourth-order valence-corrected chi connectivity index (χ4v) is 2.03. The molecule has 2 aromatic carbocycles. The van der Waals surface area contributed by atoms with Gasteiger partial charge in [0, 0.05) is 24.0 Å². The lowest BCUT2D eigenvalue weighted by atomic mass is 10.1. The zero-order valence-electron chi connectivity index (χ0n) is 12.4. The highest BCUT2D eigenvalue weighted by atomic mass is 16.2. The maximum Gasteiger partial charge on any atom is 0.241 e. The number of nitrogens with one attached hydrogen (secondary N) is 2. The van der Waals surface area contributed by atoms with Crippen LogP contribution in [0.15, 0.2) is 48.5 Å². The van der Waals surface area contributed by atoms with Crippen molar-refractivity contribution >= 4 is 23.6 Å². The lowest BCUT2D eigenvalue weighted by Gasteiger charge is -2.13. The second-order valence-corrected chi connectivity index (χ2v) is 4.99. The summed E-state index contributed by atoms with van der Waals surface area (Å²) in [5.74, 6) is -0.253. The van der Waals surface area contributed by atoms with Crippen LogP contribution in [0.3, 0.4) is 0 Å². The first-order valence-electron chi connectivity index (χ1n) is 7.01. The van der Waals surface area contributed by atoms with Gasteiger partial charge in [-0.2, -0.15) is 0 Å². The quantitative estimate of drug-likeness (QED) is 0.712. The van der Waals surface area contributed by atoms with Crippen LogP contribution in [0.5, 0.6) is 0 Å². The molecule has 1 amide bonds. The molecule has 5 heteroatoms. The lowest BCUT2D eigenvalue weighted by molar-refractivity contribution is -0.117. The van der Waals surface area contributed by atoms with E-state index in [9.17, 15) is 9.59 Å². The number of aldehydes is 1. The highest BCUT2D eigenvalue weighted by Gasteiger charge is 2.14. The first kappa shape index (κ1) is 15.7. The average molecular weight is 297 g/mol. The van der Waals surface area contributed by atoms with Gasteiger partial charge in [-0.3, -0.25) is 9.59 Å². The molecule has 4 N–H and O–H groups in total. The van der Waals surface area contributed by atoms with Gasteiger partial charge in [-0.15, -0.1) is 0 Å². The number of anilines is 2. The first-order chi connectivity index (χ1) is 10.6. The van der Waals surface area contributed by atoms with Crippen molar-refractivity contribution in [3.63, 3.8) is 0 Å². The first-order valence-corrected chi connectivity index (χ1v) is 7.01. The Kier molecular flexibility index (Phi) is 5.27. The van der Waals surface area contributed by atoms with Gasteiger partial charge in [-0.05, 0) is 48.4 Å².